The van der Waals surface area contributed by atoms with Crippen LogP contribution in [-0.2, 0) is 6.54 Å². The number of hydrogen-bond acceptors (Lipinski definition) is 6. The summed E-state index contributed by atoms with van der Waals surface area (Å²) in [5.74, 6) is 1.60. The third-order valence-electron chi connectivity index (χ3n) is 3.34. The number of ether oxygens (including phenoxy) is 1. The van der Waals surface area contributed by atoms with Crippen molar-refractivity contribution in [3.8, 4) is 17.1 Å². The van der Waals surface area contributed by atoms with Gasteiger partial charge >= 0.3 is 0 Å². The van der Waals surface area contributed by atoms with Gasteiger partial charge in [0.25, 0.3) is 0 Å². The first-order valence-corrected chi connectivity index (χ1v) is 8.28. The van der Waals surface area contributed by atoms with E-state index < -0.39 is 0 Å². The van der Waals surface area contributed by atoms with Crippen molar-refractivity contribution >= 4 is 16.3 Å². The molecule has 6 nitrogen and oxygen atoms in total. The Balaban J connectivity index is 1.75. The minimum absolute atomic E-state index is 0.415. The maximum Gasteiger partial charge on any atom is 0.235 e. The minimum atomic E-state index is 0.415. The predicted molar refractivity (Wildman–Crippen MR) is 87.0 cm³/mol. The highest BCUT2D eigenvalue weighted by molar-refractivity contribution is 7.16. The van der Waals surface area contributed by atoms with Crippen LogP contribution in [0, 0.1) is 0 Å². The molecule has 0 aliphatic rings. The molecule has 2 heterocycles. The van der Waals surface area contributed by atoms with Gasteiger partial charge in [0, 0.05) is 12.1 Å². The molecule has 0 fully saturated rings. The van der Waals surface area contributed by atoms with Crippen molar-refractivity contribution in [1.82, 2.24) is 19.8 Å². The van der Waals surface area contributed by atoms with Crippen LogP contribution in [0.1, 0.15) is 31.2 Å². The number of aromatic nitrogens is 4. The summed E-state index contributed by atoms with van der Waals surface area (Å²) >= 11 is 1.46. The van der Waals surface area contributed by atoms with Gasteiger partial charge in [0.15, 0.2) is 5.82 Å². The summed E-state index contributed by atoms with van der Waals surface area (Å²) in [7, 11) is 0. The first-order valence-electron chi connectivity index (χ1n) is 7.46. The van der Waals surface area contributed by atoms with E-state index in [0.29, 0.717) is 6.54 Å². The van der Waals surface area contributed by atoms with Crippen LogP contribution in [-0.4, -0.2) is 26.4 Å². The first kappa shape index (κ1) is 14.9. The second-order valence-electron chi connectivity index (χ2n) is 5.00. The molecule has 1 aromatic carbocycles. The molecule has 0 unspecified atom stereocenters. The highest BCUT2D eigenvalue weighted by atomic mass is 32.1. The number of benzene rings is 1. The average Bonchev–Trinajstić information content (AvgIpc) is 3.12. The molecule has 2 aromatic heterocycles. The molecular formula is C15H19N5OS. The van der Waals surface area contributed by atoms with Gasteiger partial charge in [0.05, 0.1) is 6.61 Å². The lowest BCUT2D eigenvalue weighted by Crippen LogP contribution is -1.98. The van der Waals surface area contributed by atoms with Crippen molar-refractivity contribution in [3.63, 3.8) is 0 Å². The molecule has 0 amide bonds. The van der Waals surface area contributed by atoms with Crippen LogP contribution in [0.2, 0.25) is 0 Å². The van der Waals surface area contributed by atoms with Crippen LogP contribution < -0.4 is 10.5 Å². The standard InChI is InChI=1S/C15H19N5OS/c1-2-3-4-9-21-12-7-5-11(6-8-12)14-17-18-15-20(14)19-13(10-16)22-15/h5-8H,2-4,9-10,16H2,1H3. The van der Waals surface area contributed by atoms with Gasteiger partial charge in [0.2, 0.25) is 4.96 Å². The van der Waals surface area contributed by atoms with E-state index >= 15 is 0 Å². The largest absolute Gasteiger partial charge is 0.494 e. The lowest BCUT2D eigenvalue weighted by Gasteiger charge is -2.06. The number of rotatable bonds is 7. The van der Waals surface area contributed by atoms with Crippen LogP contribution in [0.4, 0.5) is 0 Å². The van der Waals surface area contributed by atoms with Crippen LogP contribution in [0.25, 0.3) is 16.3 Å². The third kappa shape index (κ3) is 3.10. The SMILES string of the molecule is CCCCCOc1ccc(-c2nnc3sc(CN)nn23)cc1. The Labute approximate surface area is 132 Å². The number of unbranched alkanes of at least 4 members (excludes halogenated alkanes) is 2. The highest BCUT2D eigenvalue weighted by Crippen LogP contribution is 2.23. The molecular weight excluding hydrogens is 298 g/mol. The zero-order chi connectivity index (χ0) is 15.4. The van der Waals surface area contributed by atoms with Gasteiger partial charge in [-0.1, -0.05) is 31.1 Å². The molecule has 3 aromatic rings. The lowest BCUT2D eigenvalue weighted by molar-refractivity contribution is 0.306. The Morgan fingerprint density at radius 2 is 2.00 bits per heavy atom. The van der Waals surface area contributed by atoms with E-state index in [9.17, 15) is 0 Å². The zero-order valence-corrected chi connectivity index (χ0v) is 13.3. The van der Waals surface area contributed by atoms with E-state index in [2.05, 4.69) is 22.2 Å². The fourth-order valence-corrected chi connectivity index (χ4v) is 2.87. The fourth-order valence-electron chi connectivity index (χ4n) is 2.16. The van der Waals surface area contributed by atoms with Crippen LogP contribution >= 0.6 is 11.3 Å². The van der Waals surface area contributed by atoms with Gasteiger partial charge in [-0.3, -0.25) is 0 Å². The summed E-state index contributed by atoms with van der Waals surface area (Å²) in [6, 6.07) is 7.87. The van der Waals surface area contributed by atoms with Gasteiger partial charge in [-0.05, 0) is 30.7 Å². The van der Waals surface area contributed by atoms with E-state index in [-0.39, 0.29) is 0 Å². The maximum atomic E-state index is 5.72. The van der Waals surface area contributed by atoms with Crippen molar-refractivity contribution in [3.05, 3.63) is 29.3 Å². The Hall–Kier alpha value is -1.99. The van der Waals surface area contributed by atoms with Crippen molar-refractivity contribution < 1.29 is 4.74 Å². The quantitative estimate of drug-likeness (QED) is 0.678. The second kappa shape index (κ2) is 6.85. The van der Waals surface area contributed by atoms with Gasteiger partial charge in [-0.25, -0.2) is 0 Å². The van der Waals surface area contributed by atoms with Gasteiger partial charge < -0.3 is 10.5 Å². The van der Waals surface area contributed by atoms with E-state index in [0.717, 1.165) is 40.1 Å². The normalized spacial score (nSPS) is 11.2. The van der Waals surface area contributed by atoms with Gasteiger partial charge in [-0.15, -0.1) is 10.2 Å². The van der Waals surface area contributed by atoms with Crippen LogP contribution in [0.5, 0.6) is 5.75 Å². The Morgan fingerprint density at radius 1 is 1.18 bits per heavy atom. The van der Waals surface area contributed by atoms with Crippen molar-refractivity contribution in [2.75, 3.05) is 6.61 Å². The summed E-state index contributed by atoms with van der Waals surface area (Å²) in [6.07, 6.45) is 3.48. The van der Waals surface area contributed by atoms with Crippen molar-refractivity contribution in [2.45, 2.75) is 32.7 Å². The highest BCUT2D eigenvalue weighted by Gasteiger charge is 2.12. The topological polar surface area (TPSA) is 78.3 Å². The summed E-state index contributed by atoms with van der Waals surface area (Å²) in [5.41, 5.74) is 6.58. The van der Waals surface area contributed by atoms with Crippen LogP contribution in [0.15, 0.2) is 24.3 Å². The summed E-state index contributed by atoms with van der Waals surface area (Å²) in [4.78, 5) is 0.760. The molecule has 0 radical (unpaired) electrons. The van der Waals surface area contributed by atoms with E-state index in [4.69, 9.17) is 10.5 Å². The van der Waals surface area contributed by atoms with E-state index in [1.165, 1.54) is 24.2 Å². The fraction of sp³-hybridized carbons (Fsp3) is 0.400. The van der Waals surface area contributed by atoms with E-state index in [1.54, 1.807) is 4.52 Å². The molecule has 2 N–H and O–H groups in total. The number of nitrogens with two attached hydrogens (primary N) is 1. The second-order valence-corrected chi connectivity index (χ2v) is 6.04. The Kier molecular flexibility index (Phi) is 4.65. The summed E-state index contributed by atoms with van der Waals surface area (Å²) < 4.78 is 7.46. The summed E-state index contributed by atoms with van der Waals surface area (Å²) in [5, 5.41) is 13.6. The molecule has 0 saturated carbocycles. The monoisotopic (exact) mass is 317 g/mol. The number of fused-ring (bicyclic) bond motifs is 1. The molecule has 0 aliphatic heterocycles. The molecule has 3 rings (SSSR count). The molecule has 0 atom stereocenters. The molecule has 0 aliphatic carbocycles. The Bertz CT molecular complexity index is 734. The maximum absolute atomic E-state index is 5.72. The van der Waals surface area contributed by atoms with E-state index in [1.807, 2.05) is 24.3 Å². The molecule has 0 bridgehead atoms. The van der Waals surface area contributed by atoms with Gasteiger partial charge in [-0.2, -0.15) is 9.61 Å². The van der Waals surface area contributed by atoms with Crippen LogP contribution in [0.3, 0.4) is 0 Å². The lowest BCUT2D eigenvalue weighted by atomic mass is 10.2. The Morgan fingerprint density at radius 3 is 2.73 bits per heavy atom. The average molecular weight is 317 g/mol. The van der Waals surface area contributed by atoms with Gasteiger partial charge in [0.1, 0.15) is 10.8 Å². The first-order chi connectivity index (χ1) is 10.8. The molecule has 22 heavy (non-hydrogen) atoms. The zero-order valence-electron chi connectivity index (χ0n) is 12.5. The molecule has 7 heteroatoms. The molecule has 0 saturated heterocycles. The third-order valence-corrected chi connectivity index (χ3v) is 4.26. The predicted octanol–water partition coefficient (Wildman–Crippen LogP) is 2.88. The molecule has 116 valence electrons. The minimum Gasteiger partial charge on any atom is -0.494 e. The van der Waals surface area contributed by atoms with Crippen molar-refractivity contribution in [1.29, 1.82) is 0 Å². The summed E-state index contributed by atoms with van der Waals surface area (Å²) in [6.45, 7) is 3.36. The molecule has 0 spiro atoms. The number of hydrogen-bond donors (Lipinski definition) is 1. The smallest absolute Gasteiger partial charge is 0.235 e. The number of nitrogens with zero attached hydrogens (tertiary/aromatic N) is 4. The van der Waals surface area contributed by atoms with Crippen molar-refractivity contribution in [2.24, 2.45) is 5.73 Å².